The summed E-state index contributed by atoms with van der Waals surface area (Å²) < 4.78 is 16.2. The van der Waals surface area contributed by atoms with Gasteiger partial charge in [0.1, 0.15) is 0 Å². The molecule has 0 unspecified atom stereocenters. The molecule has 7 nitrogen and oxygen atoms in total. The van der Waals surface area contributed by atoms with E-state index >= 15 is 0 Å². The number of para-hydroxylation sites is 1. The molecule has 0 bridgehead atoms. The number of anilines is 1. The molecule has 2 aromatic rings. The van der Waals surface area contributed by atoms with E-state index in [1.165, 1.54) is 5.69 Å². The lowest BCUT2D eigenvalue weighted by atomic mass is 10.2. The number of guanidine groups is 1. The topological polar surface area (TPSA) is 67.4 Å². The molecule has 0 aliphatic heterocycles. The fourth-order valence-electron chi connectivity index (χ4n) is 2.98. The predicted molar refractivity (Wildman–Crippen MR) is 119 cm³/mol. The number of nitrogens with zero attached hydrogens (tertiary/aromatic N) is 2. The van der Waals surface area contributed by atoms with Gasteiger partial charge in [0.25, 0.3) is 0 Å². The van der Waals surface area contributed by atoms with Gasteiger partial charge in [-0.3, -0.25) is 4.99 Å². The van der Waals surface area contributed by atoms with Crippen LogP contribution in [0, 0.1) is 0 Å². The highest BCUT2D eigenvalue weighted by molar-refractivity contribution is 5.79. The number of nitrogens with one attached hydrogen (secondary N) is 2. The van der Waals surface area contributed by atoms with E-state index in [0.29, 0.717) is 23.8 Å². The van der Waals surface area contributed by atoms with Crippen LogP contribution in [-0.2, 0) is 6.54 Å². The minimum atomic E-state index is 0.584. The van der Waals surface area contributed by atoms with Gasteiger partial charge in [-0.25, -0.2) is 0 Å². The molecule has 0 amide bonds. The molecule has 0 aromatic heterocycles. The molecule has 29 heavy (non-hydrogen) atoms. The maximum atomic E-state index is 5.41. The Morgan fingerprint density at radius 2 is 1.62 bits per heavy atom. The molecule has 2 N–H and O–H groups in total. The summed E-state index contributed by atoms with van der Waals surface area (Å²) in [7, 11) is 8.69. The Hall–Kier alpha value is -3.09. The van der Waals surface area contributed by atoms with Gasteiger partial charge in [0.15, 0.2) is 17.5 Å². The third kappa shape index (κ3) is 6.48. The lowest BCUT2D eigenvalue weighted by Gasteiger charge is -2.20. The van der Waals surface area contributed by atoms with Gasteiger partial charge in [0.2, 0.25) is 5.75 Å². The summed E-state index contributed by atoms with van der Waals surface area (Å²) in [5.41, 5.74) is 2.23. The molecule has 2 aromatic carbocycles. The highest BCUT2D eigenvalue weighted by Crippen LogP contribution is 2.38. The highest BCUT2D eigenvalue weighted by atomic mass is 16.5. The molecule has 0 heterocycles. The van der Waals surface area contributed by atoms with Crippen LogP contribution >= 0.6 is 0 Å². The van der Waals surface area contributed by atoms with Crippen LogP contribution in [0.15, 0.2) is 47.5 Å². The molecule has 158 valence electrons. The van der Waals surface area contributed by atoms with Gasteiger partial charge < -0.3 is 29.7 Å². The minimum absolute atomic E-state index is 0.584. The van der Waals surface area contributed by atoms with Gasteiger partial charge in [-0.15, -0.1) is 0 Å². The van der Waals surface area contributed by atoms with Crippen LogP contribution in [0.3, 0.4) is 0 Å². The summed E-state index contributed by atoms with van der Waals surface area (Å²) in [6.07, 6.45) is 0.996. The molecular weight excluding hydrogens is 368 g/mol. The third-order valence-electron chi connectivity index (χ3n) is 4.57. The standard InChI is InChI=1S/C22H32N4O3/c1-23-22(24-12-9-13-26(2)18-10-7-6-8-11-18)25-16-17-14-19(27-3)21(29-5)20(15-17)28-4/h6-8,10-11,14-15H,9,12-13,16H2,1-5H3,(H2,23,24,25). The maximum Gasteiger partial charge on any atom is 0.203 e. The molecule has 0 aliphatic rings. The first-order valence-electron chi connectivity index (χ1n) is 9.62. The van der Waals surface area contributed by atoms with Crippen LogP contribution in [0.5, 0.6) is 17.2 Å². The second-order valence-electron chi connectivity index (χ2n) is 6.50. The minimum Gasteiger partial charge on any atom is -0.493 e. The van der Waals surface area contributed by atoms with Gasteiger partial charge in [-0.05, 0) is 36.2 Å². The van der Waals surface area contributed by atoms with Gasteiger partial charge in [0.05, 0.1) is 21.3 Å². The van der Waals surface area contributed by atoms with Gasteiger partial charge in [-0.2, -0.15) is 0 Å². The first-order valence-corrected chi connectivity index (χ1v) is 9.62. The zero-order valence-corrected chi connectivity index (χ0v) is 18.0. The number of benzene rings is 2. The highest BCUT2D eigenvalue weighted by Gasteiger charge is 2.13. The van der Waals surface area contributed by atoms with Crippen molar-refractivity contribution in [2.24, 2.45) is 4.99 Å². The molecule has 0 saturated heterocycles. The number of hydrogen-bond acceptors (Lipinski definition) is 5. The van der Waals surface area contributed by atoms with E-state index < -0.39 is 0 Å². The van der Waals surface area contributed by atoms with Crippen LogP contribution < -0.4 is 29.7 Å². The zero-order chi connectivity index (χ0) is 21.1. The van der Waals surface area contributed by atoms with Gasteiger partial charge in [-0.1, -0.05) is 18.2 Å². The Morgan fingerprint density at radius 1 is 0.966 bits per heavy atom. The third-order valence-corrected chi connectivity index (χ3v) is 4.57. The molecule has 0 fully saturated rings. The summed E-state index contributed by atoms with van der Waals surface area (Å²) in [4.78, 5) is 6.53. The molecule has 2 rings (SSSR count). The Labute approximate surface area is 173 Å². The summed E-state index contributed by atoms with van der Waals surface area (Å²) in [5.74, 6) is 2.61. The Morgan fingerprint density at radius 3 is 2.17 bits per heavy atom. The second-order valence-corrected chi connectivity index (χ2v) is 6.50. The van der Waals surface area contributed by atoms with Crippen molar-refractivity contribution < 1.29 is 14.2 Å². The normalized spacial score (nSPS) is 11.0. The van der Waals surface area contributed by atoms with E-state index in [1.807, 2.05) is 18.2 Å². The molecule has 7 heteroatoms. The lowest BCUT2D eigenvalue weighted by molar-refractivity contribution is 0.323. The van der Waals surface area contributed by atoms with Crippen LogP contribution in [0.2, 0.25) is 0 Å². The quantitative estimate of drug-likeness (QED) is 0.363. The molecule has 0 radical (unpaired) electrons. The Bertz CT molecular complexity index is 756. The molecule has 0 atom stereocenters. The first kappa shape index (κ1) is 22.2. The van der Waals surface area contributed by atoms with E-state index in [9.17, 15) is 0 Å². The zero-order valence-electron chi connectivity index (χ0n) is 18.0. The average molecular weight is 401 g/mol. The van der Waals surface area contributed by atoms with Crippen molar-refractivity contribution in [3.63, 3.8) is 0 Å². The van der Waals surface area contributed by atoms with E-state index in [2.05, 4.69) is 51.8 Å². The maximum absolute atomic E-state index is 5.41. The van der Waals surface area contributed by atoms with Crippen molar-refractivity contribution in [1.29, 1.82) is 0 Å². The number of aliphatic imine (C=N–C) groups is 1. The lowest BCUT2D eigenvalue weighted by Crippen LogP contribution is -2.38. The Balaban J connectivity index is 1.83. The van der Waals surface area contributed by atoms with E-state index in [1.54, 1.807) is 28.4 Å². The predicted octanol–water partition coefficient (Wildman–Crippen LogP) is 2.90. The molecule has 0 saturated carbocycles. The summed E-state index contributed by atoms with van der Waals surface area (Å²) >= 11 is 0. The van der Waals surface area contributed by atoms with Crippen molar-refractivity contribution >= 4 is 11.6 Å². The van der Waals surface area contributed by atoms with Crippen LogP contribution in [0.1, 0.15) is 12.0 Å². The number of hydrogen-bond donors (Lipinski definition) is 2. The monoisotopic (exact) mass is 400 g/mol. The van der Waals surface area contributed by atoms with Crippen molar-refractivity contribution in [1.82, 2.24) is 10.6 Å². The number of methoxy groups -OCH3 is 3. The van der Waals surface area contributed by atoms with Crippen molar-refractivity contribution in [2.75, 3.05) is 53.4 Å². The van der Waals surface area contributed by atoms with E-state index in [4.69, 9.17) is 14.2 Å². The van der Waals surface area contributed by atoms with Crippen LogP contribution in [-0.4, -0.2) is 54.5 Å². The second kappa shape index (κ2) is 11.7. The van der Waals surface area contributed by atoms with E-state index in [0.717, 1.165) is 31.0 Å². The first-order chi connectivity index (χ1) is 14.1. The molecular formula is C22H32N4O3. The SMILES string of the molecule is CN=C(NCCCN(C)c1ccccc1)NCc1cc(OC)c(OC)c(OC)c1. The fraction of sp³-hybridized carbons (Fsp3) is 0.409. The molecule has 0 spiro atoms. The summed E-state index contributed by atoms with van der Waals surface area (Å²) in [6.45, 7) is 2.37. The van der Waals surface area contributed by atoms with Crippen LogP contribution in [0.4, 0.5) is 5.69 Å². The van der Waals surface area contributed by atoms with Crippen molar-refractivity contribution in [3.05, 3.63) is 48.0 Å². The van der Waals surface area contributed by atoms with Gasteiger partial charge >= 0.3 is 0 Å². The van der Waals surface area contributed by atoms with Crippen molar-refractivity contribution in [2.45, 2.75) is 13.0 Å². The summed E-state index contributed by atoms with van der Waals surface area (Å²) in [6, 6.07) is 14.2. The number of ether oxygens (including phenoxy) is 3. The molecule has 0 aliphatic carbocycles. The largest absolute Gasteiger partial charge is 0.493 e. The Kier molecular flexibility index (Phi) is 8.95. The smallest absolute Gasteiger partial charge is 0.203 e. The van der Waals surface area contributed by atoms with Crippen LogP contribution in [0.25, 0.3) is 0 Å². The summed E-state index contributed by atoms with van der Waals surface area (Å²) in [5, 5.41) is 6.67. The number of rotatable bonds is 10. The fourth-order valence-corrected chi connectivity index (χ4v) is 2.98. The van der Waals surface area contributed by atoms with E-state index in [-0.39, 0.29) is 0 Å². The average Bonchev–Trinajstić information content (AvgIpc) is 2.78. The van der Waals surface area contributed by atoms with Gasteiger partial charge in [0, 0.05) is 39.4 Å². The van der Waals surface area contributed by atoms with Crippen molar-refractivity contribution in [3.8, 4) is 17.2 Å².